The van der Waals surface area contributed by atoms with Crippen LogP contribution in [-0.4, -0.2) is 29.9 Å². The monoisotopic (exact) mass is 319 g/mol. The van der Waals surface area contributed by atoms with Gasteiger partial charge in [0, 0.05) is 31.2 Å². The molecule has 0 saturated carbocycles. The van der Waals surface area contributed by atoms with E-state index in [0.717, 1.165) is 32.5 Å². The molecule has 0 aromatic heterocycles. The average molecular weight is 319 g/mol. The van der Waals surface area contributed by atoms with Crippen molar-refractivity contribution < 1.29 is 4.79 Å². The van der Waals surface area contributed by atoms with Crippen LogP contribution < -0.4 is 5.32 Å². The second kappa shape index (κ2) is 7.76. The minimum Gasteiger partial charge on any atom is -0.349 e. The highest BCUT2D eigenvalue weighted by Crippen LogP contribution is 2.14. The van der Waals surface area contributed by atoms with E-state index in [2.05, 4.69) is 40.6 Å². The Morgan fingerprint density at radius 1 is 1.08 bits per heavy atom. The molecule has 4 nitrogen and oxygen atoms in total. The number of nitrogens with zero attached hydrogens (tertiary/aromatic N) is 2. The van der Waals surface area contributed by atoms with Crippen LogP contribution in [0.4, 0.5) is 0 Å². The quantitative estimate of drug-likeness (QED) is 0.942. The molecule has 1 saturated heterocycles. The van der Waals surface area contributed by atoms with Gasteiger partial charge >= 0.3 is 0 Å². The Balaban J connectivity index is 1.48. The number of hydrogen-bond acceptors (Lipinski definition) is 3. The van der Waals surface area contributed by atoms with Gasteiger partial charge in [0.2, 0.25) is 0 Å². The third kappa shape index (κ3) is 4.21. The van der Waals surface area contributed by atoms with E-state index in [4.69, 9.17) is 5.26 Å². The first kappa shape index (κ1) is 16.2. The maximum atomic E-state index is 12.3. The number of benzene rings is 2. The van der Waals surface area contributed by atoms with Gasteiger partial charge in [0.25, 0.3) is 5.91 Å². The zero-order chi connectivity index (χ0) is 16.8. The molecule has 0 aliphatic carbocycles. The van der Waals surface area contributed by atoms with Gasteiger partial charge in [0.1, 0.15) is 0 Å². The fourth-order valence-electron chi connectivity index (χ4n) is 3.04. The predicted molar refractivity (Wildman–Crippen MR) is 93.4 cm³/mol. The highest BCUT2D eigenvalue weighted by atomic mass is 16.1. The third-order valence-electron chi connectivity index (χ3n) is 4.45. The Morgan fingerprint density at radius 2 is 1.75 bits per heavy atom. The van der Waals surface area contributed by atoms with Gasteiger partial charge in [0.15, 0.2) is 0 Å². The minimum atomic E-state index is -0.0546. The summed E-state index contributed by atoms with van der Waals surface area (Å²) >= 11 is 0. The SMILES string of the molecule is N#Cc1ccc(C(=O)NC2CCN(Cc3ccccc3)CC2)cc1. The van der Waals surface area contributed by atoms with E-state index in [0.29, 0.717) is 11.1 Å². The van der Waals surface area contributed by atoms with Crippen LogP contribution in [0, 0.1) is 11.3 Å². The number of nitrogens with one attached hydrogen (secondary N) is 1. The van der Waals surface area contributed by atoms with E-state index < -0.39 is 0 Å². The molecule has 1 aliphatic rings. The molecule has 1 heterocycles. The summed E-state index contributed by atoms with van der Waals surface area (Å²) in [5.41, 5.74) is 2.51. The van der Waals surface area contributed by atoms with Crippen molar-refractivity contribution in [1.82, 2.24) is 10.2 Å². The molecule has 0 bridgehead atoms. The summed E-state index contributed by atoms with van der Waals surface area (Å²) in [6, 6.07) is 19.5. The molecule has 0 spiro atoms. The minimum absolute atomic E-state index is 0.0546. The predicted octanol–water partition coefficient (Wildman–Crippen LogP) is 2.95. The molecule has 0 atom stereocenters. The van der Waals surface area contributed by atoms with Crippen molar-refractivity contribution in [2.75, 3.05) is 13.1 Å². The van der Waals surface area contributed by atoms with Crippen LogP contribution in [0.2, 0.25) is 0 Å². The molecule has 2 aromatic carbocycles. The molecule has 1 amide bonds. The largest absolute Gasteiger partial charge is 0.349 e. The Bertz CT molecular complexity index is 711. The first-order chi connectivity index (χ1) is 11.7. The van der Waals surface area contributed by atoms with Crippen molar-refractivity contribution in [2.45, 2.75) is 25.4 Å². The molecule has 122 valence electrons. The van der Waals surface area contributed by atoms with Crippen molar-refractivity contribution in [3.63, 3.8) is 0 Å². The Kier molecular flexibility index (Phi) is 5.25. The molecule has 0 unspecified atom stereocenters. The smallest absolute Gasteiger partial charge is 0.251 e. The topological polar surface area (TPSA) is 56.1 Å². The second-order valence-electron chi connectivity index (χ2n) is 6.20. The molecule has 1 fully saturated rings. The standard InChI is InChI=1S/C20H21N3O/c21-14-16-6-8-18(9-7-16)20(24)22-19-10-12-23(13-11-19)15-17-4-2-1-3-5-17/h1-9,19H,10-13,15H2,(H,22,24). The molecule has 1 aliphatic heterocycles. The number of rotatable bonds is 4. The van der Waals surface area contributed by atoms with E-state index in [1.165, 1.54) is 5.56 Å². The number of nitriles is 1. The molecule has 3 rings (SSSR count). The van der Waals surface area contributed by atoms with Crippen molar-refractivity contribution in [2.24, 2.45) is 0 Å². The fraction of sp³-hybridized carbons (Fsp3) is 0.300. The summed E-state index contributed by atoms with van der Waals surface area (Å²) in [5.74, 6) is -0.0546. The van der Waals surface area contributed by atoms with Crippen LogP contribution in [0.25, 0.3) is 0 Å². The number of carbonyl (C=O) groups is 1. The van der Waals surface area contributed by atoms with Gasteiger partial charge in [-0.3, -0.25) is 9.69 Å². The number of amides is 1. The Hall–Kier alpha value is -2.64. The van der Waals surface area contributed by atoms with E-state index >= 15 is 0 Å². The van der Waals surface area contributed by atoms with Crippen LogP contribution in [0.3, 0.4) is 0 Å². The average Bonchev–Trinajstić information content (AvgIpc) is 2.64. The Morgan fingerprint density at radius 3 is 2.38 bits per heavy atom. The summed E-state index contributed by atoms with van der Waals surface area (Å²) < 4.78 is 0. The summed E-state index contributed by atoms with van der Waals surface area (Å²) in [5, 5.41) is 11.9. The van der Waals surface area contributed by atoms with Crippen LogP contribution in [0.15, 0.2) is 54.6 Å². The van der Waals surface area contributed by atoms with Gasteiger partial charge < -0.3 is 5.32 Å². The highest BCUT2D eigenvalue weighted by molar-refractivity contribution is 5.94. The van der Waals surface area contributed by atoms with Crippen molar-refractivity contribution in [1.29, 1.82) is 5.26 Å². The lowest BCUT2D eigenvalue weighted by Gasteiger charge is -2.32. The lowest BCUT2D eigenvalue weighted by Crippen LogP contribution is -2.44. The maximum absolute atomic E-state index is 12.3. The van der Waals surface area contributed by atoms with Gasteiger partial charge in [-0.1, -0.05) is 30.3 Å². The molecule has 4 heteroatoms. The van der Waals surface area contributed by atoms with Crippen molar-refractivity contribution in [3.05, 3.63) is 71.3 Å². The van der Waals surface area contributed by atoms with E-state index in [-0.39, 0.29) is 11.9 Å². The summed E-state index contributed by atoms with van der Waals surface area (Å²) in [4.78, 5) is 14.7. The third-order valence-corrected chi connectivity index (χ3v) is 4.45. The zero-order valence-corrected chi connectivity index (χ0v) is 13.6. The maximum Gasteiger partial charge on any atom is 0.251 e. The van der Waals surface area contributed by atoms with Crippen LogP contribution in [0.1, 0.15) is 34.3 Å². The molecular weight excluding hydrogens is 298 g/mol. The Labute approximate surface area is 142 Å². The zero-order valence-electron chi connectivity index (χ0n) is 13.6. The van der Waals surface area contributed by atoms with Crippen molar-refractivity contribution in [3.8, 4) is 6.07 Å². The van der Waals surface area contributed by atoms with Gasteiger partial charge in [0.05, 0.1) is 11.6 Å². The molecule has 1 N–H and O–H groups in total. The molecular formula is C20H21N3O. The lowest BCUT2D eigenvalue weighted by molar-refractivity contribution is 0.0909. The number of hydrogen-bond donors (Lipinski definition) is 1. The van der Waals surface area contributed by atoms with Gasteiger partial charge in [-0.2, -0.15) is 5.26 Å². The number of piperidine rings is 1. The summed E-state index contributed by atoms with van der Waals surface area (Å²) in [7, 11) is 0. The van der Waals surface area contributed by atoms with E-state index in [9.17, 15) is 4.79 Å². The highest BCUT2D eigenvalue weighted by Gasteiger charge is 2.21. The fourth-order valence-corrected chi connectivity index (χ4v) is 3.04. The molecule has 2 aromatic rings. The van der Waals surface area contributed by atoms with E-state index in [1.807, 2.05) is 6.07 Å². The van der Waals surface area contributed by atoms with Crippen LogP contribution >= 0.6 is 0 Å². The van der Waals surface area contributed by atoms with Gasteiger partial charge in [-0.05, 0) is 42.7 Å². The lowest BCUT2D eigenvalue weighted by atomic mass is 10.0. The summed E-state index contributed by atoms with van der Waals surface area (Å²) in [6.45, 7) is 2.96. The van der Waals surface area contributed by atoms with Crippen LogP contribution in [-0.2, 0) is 6.54 Å². The molecule has 24 heavy (non-hydrogen) atoms. The second-order valence-corrected chi connectivity index (χ2v) is 6.20. The van der Waals surface area contributed by atoms with Crippen molar-refractivity contribution >= 4 is 5.91 Å². The first-order valence-electron chi connectivity index (χ1n) is 8.32. The van der Waals surface area contributed by atoms with Gasteiger partial charge in [-0.15, -0.1) is 0 Å². The van der Waals surface area contributed by atoms with E-state index in [1.54, 1.807) is 24.3 Å². The first-order valence-corrected chi connectivity index (χ1v) is 8.32. The normalized spacial score (nSPS) is 15.6. The number of carbonyl (C=O) groups excluding carboxylic acids is 1. The molecule has 0 radical (unpaired) electrons. The van der Waals surface area contributed by atoms with Gasteiger partial charge in [-0.25, -0.2) is 0 Å². The number of likely N-dealkylation sites (tertiary alicyclic amines) is 1. The summed E-state index contributed by atoms with van der Waals surface area (Å²) in [6.07, 6.45) is 1.93. The van der Waals surface area contributed by atoms with Crippen LogP contribution in [0.5, 0.6) is 0 Å².